The minimum atomic E-state index is -0.0372. The van der Waals surface area contributed by atoms with Gasteiger partial charge in [0.1, 0.15) is 0 Å². The Bertz CT molecular complexity index is 311. The van der Waals surface area contributed by atoms with Crippen molar-refractivity contribution in [1.82, 2.24) is 15.1 Å². The number of nitrogens with one attached hydrogen (secondary N) is 1. The van der Waals surface area contributed by atoms with E-state index in [4.69, 9.17) is 5.11 Å². The number of amides is 1. The Balaban J connectivity index is 1.67. The molecule has 2 fully saturated rings. The lowest BCUT2D eigenvalue weighted by atomic mass is 9.89. The number of piperazine rings is 1. The van der Waals surface area contributed by atoms with Crippen LogP contribution in [0, 0.1) is 5.92 Å². The van der Waals surface area contributed by atoms with Gasteiger partial charge in [0.25, 0.3) is 0 Å². The number of aliphatic hydroxyl groups excluding tert-OH is 1. The Morgan fingerprint density at radius 1 is 1.19 bits per heavy atom. The highest BCUT2D eigenvalue weighted by Gasteiger charge is 2.25. The number of hydrogen-bond donors (Lipinski definition) is 2. The summed E-state index contributed by atoms with van der Waals surface area (Å²) >= 11 is 0. The van der Waals surface area contributed by atoms with Gasteiger partial charge in [0.15, 0.2) is 0 Å². The molecular formula is C16H31N3O2. The molecule has 1 amide bonds. The van der Waals surface area contributed by atoms with Crippen LogP contribution in [0.3, 0.4) is 0 Å². The molecule has 1 aliphatic heterocycles. The number of rotatable bonds is 6. The van der Waals surface area contributed by atoms with E-state index in [1.165, 1.54) is 32.1 Å². The van der Waals surface area contributed by atoms with Crippen LogP contribution in [0.2, 0.25) is 0 Å². The van der Waals surface area contributed by atoms with Gasteiger partial charge in [-0.3, -0.25) is 14.6 Å². The van der Waals surface area contributed by atoms with Crippen molar-refractivity contribution >= 4 is 5.91 Å². The third-order valence-electron chi connectivity index (χ3n) is 5.04. The lowest BCUT2D eigenvalue weighted by Crippen LogP contribution is -2.54. The average Bonchev–Trinajstić information content (AvgIpc) is 2.54. The molecule has 1 saturated heterocycles. The molecule has 0 aromatic heterocycles. The van der Waals surface area contributed by atoms with E-state index in [-0.39, 0.29) is 18.6 Å². The van der Waals surface area contributed by atoms with E-state index in [2.05, 4.69) is 15.1 Å². The maximum Gasteiger partial charge on any atom is 0.237 e. The summed E-state index contributed by atoms with van der Waals surface area (Å²) in [6, 6.07) is -0.0372. The molecule has 2 N–H and O–H groups in total. The summed E-state index contributed by atoms with van der Waals surface area (Å²) < 4.78 is 0. The molecule has 0 aromatic rings. The lowest BCUT2D eigenvalue weighted by Gasteiger charge is -2.37. The maximum absolute atomic E-state index is 12.3. The van der Waals surface area contributed by atoms with Gasteiger partial charge in [0.2, 0.25) is 5.91 Å². The van der Waals surface area contributed by atoms with Crippen molar-refractivity contribution in [1.29, 1.82) is 0 Å². The summed E-state index contributed by atoms with van der Waals surface area (Å²) in [5.41, 5.74) is 0. The highest BCUT2D eigenvalue weighted by molar-refractivity contribution is 5.81. The largest absolute Gasteiger partial charge is 0.395 e. The average molecular weight is 297 g/mol. The molecule has 5 nitrogen and oxygen atoms in total. The van der Waals surface area contributed by atoms with Crippen molar-refractivity contribution in [3.8, 4) is 0 Å². The predicted octanol–water partition coefficient (Wildman–Crippen LogP) is 0.681. The standard InChI is InChI=1S/C16H31N3O2/c1-14(19-9-7-18(8-10-19)11-12-20)16(21)17-13-15-5-3-2-4-6-15/h14-15,20H,2-13H2,1H3,(H,17,21). The minimum Gasteiger partial charge on any atom is -0.395 e. The van der Waals surface area contributed by atoms with E-state index in [0.717, 1.165) is 39.3 Å². The quantitative estimate of drug-likeness (QED) is 0.757. The molecule has 1 aliphatic carbocycles. The van der Waals surface area contributed by atoms with Gasteiger partial charge in [0.05, 0.1) is 12.6 Å². The van der Waals surface area contributed by atoms with Crippen LogP contribution in [-0.4, -0.2) is 72.7 Å². The highest BCUT2D eigenvalue weighted by atomic mass is 16.3. The van der Waals surface area contributed by atoms with Crippen LogP contribution in [0.1, 0.15) is 39.0 Å². The molecule has 1 unspecified atom stereocenters. The number of carbonyl (C=O) groups excluding carboxylic acids is 1. The Morgan fingerprint density at radius 3 is 2.48 bits per heavy atom. The smallest absolute Gasteiger partial charge is 0.237 e. The van der Waals surface area contributed by atoms with E-state index in [1.807, 2.05) is 6.92 Å². The van der Waals surface area contributed by atoms with Crippen LogP contribution in [0.25, 0.3) is 0 Å². The molecule has 5 heteroatoms. The number of β-amino-alcohol motifs (C(OH)–C–C–N with tert-alkyl or cyclic N) is 1. The fourth-order valence-corrected chi connectivity index (χ4v) is 3.47. The minimum absolute atomic E-state index is 0.0372. The van der Waals surface area contributed by atoms with Crippen LogP contribution >= 0.6 is 0 Å². The molecule has 122 valence electrons. The van der Waals surface area contributed by atoms with Gasteiger partial charge in [-0.25, -0.2) is 0 Å². The first-order chi connectivity index (χ1) is 10.2. The van der Waals surface area contributed by atoms with E-state index in [1.54, 1.807) is 0 Å². The molecule has 2 aliphatic rings. The van der Waals surface area contributed by atoms with Crippen molar-refractivity contribution < 1.29 is 9.90 Å². The Labute approximate surface area is 128 Å². The van der Waals surface area contributed by atoms with Gasteiger partial charge >= 0.3 is 0 Å². The molecule has 1 saturated carbocycles. The maximum atomic E-state index is 12.3. The zero-order valence-corrected chi connectivity index (χ0v) is 13.4. The zero-order chi connectivity index (χ0) is 15.1. The first-order valence-electron chi connectivity index (χ1n) is 8.55. The zero-order valence-electron chi connectivity index (χ0n) is 13.4. The third kappa shape index (κ3) is 5.24. The molecular weight excluding hydrogens is 266 g/mol. The van der Waals surface area contributed by atoms with Crippen LogP contribution in [0.5, 0.6) is 0 Å². The summed E-state index contributed by atoms with van der Waals surface area (Å²) in [4.78, 5) is 16.8. The number of aliphatic hydroxyl groups is 1. The van der Waals surface area contributed by atoms with Gasteiger partial charge < -0.3 is 10.4 Å². The molecule has 21 heavy (non-hydrogen) atoms. The lowest BCUT2D eigenvalue weighted by molar-refractivity contribution is -0.126. The van der Waals surface area contributed by atoms with Crippen LogP contribution in [0.15, 0.2) is 0 Å². The second-order valence-electron chi connectivity index (χ2n) is 6.53. The summed E-state index contributed by atoms with van der Waals surface area (Å²) in [7, 11) is 0. The summed E-state index contributed by atoms with van der Waals surface area (Å²) in [6.07, 6.45) is 6.55. The molecule has 0 bridgehead atoms. The Kier molecular flexibility index (Phi) is 6.93. The van der Waals surface area contributed by atoms with Gasteiger partial charge in [-0.2, -0.15) is 0 Å². The first kappa shape index (κ1) is 16.7. The molecule has 0 spiro atoms. The third-order valence-corrected chi connectivity index (χ3v) is 5.04. The predicted molar refractivity (Wildman–Crippen MR) is 84.1 cm³/mol. The van der Waals surface area contributed by atoms with E-state index < -0.39 is 0 Å². The SMILES string of the molecule is CC(C(=O)NCC1CCCCC1)N1CCN(CCO)CC1. The van der Waals surface area contributed by atoms with Crippen molar-refractivity contribution in [2.24, 2.45) is 5.92 Å². The summed E-state index contributed by atoms with van der Waals surface area (Å²) in [5, 5.41) is 12.1. The van der Waals surface area contributed by atoms with Gasteiger partial charge in [-0.15, -0.1) is 0 Å². The Hall–Kier alpha value is -0.650. The topological polar surface area (TPSA) is 55.8 Å². The first-order valence-corrected chi connectivity index (χ1v) is 8.55. The van der Waals surface area contributed by atoms with Gasteiger partial charge in [0, 0.05) is 39.3 Å². The van der Waals surface area contributed by atoms with Crippen molar-refractivity contribution in [2.75, 3.05) is 45.9 Å². The number of carbonyl (C=O) groups is 1. The molecule has 1 heterocycles. The van der Waals surface area contributed by atoms with Gasteiger partial charge in [-0.1, -0.05) is 19.3 Å². The highest BCUT2D eigenvalue weighted by Crippen LogP contribution is 2.22. The molecule has 0 radical (unpaired) electrons. The van der Waals surface area contributed by atoms with E-state index in [0.29, 0.717) is 5.92 Å². The van der Waals surface area contributed by atoms with E-state index in [9.17, 15) is 4.79 Å². The molecule has 1 atom stereocenters. The van der Waals surface area contributed by atoms with Crippen LogP contribution in [-0.2, 0) is 4.79 Å². The second-order valence-corrected chi connectivity index (χ2v) is 6.53. The Morgan fingerprint density at radius 2 is 1.86 bits per heavy atom. The van der Waals surface area contributed by atoms with Crippen LogP contribution < -0.4 is 5.32 Å². The van der Waals surface area contributed by atoms with Crippen molar-refractivity contribution in [3.05, 3.63) is 0 Å². The van der Waals surface area contributed by atoms with Crippen molar-refractivity contribution in [2.45, 2.75) is 45.1 Å². The van der Waals surface area contributed by atoms with Gasteiger partial charge in [-0.05, 0) is 25.7 Å². The number of hydrogen-bond acceptors (Lipinski definition) is 4. The summed E-state index contributed by atoms with van der Waals surface area (Å²) in [6.45, 7) is 7.55. The monoisotopic (exact) mass is 297 g/mol. The number of nitrogens with zero attached hydrogens (tertiary/aromatic N) is 2. The molecule has 2 rings (SSSR count). The summed E-state index contributed by atoms with van der Waals surface area (Å²) in [5.74, 6) is 0.868. The van der Waals surface area contributed by atoms with E-state index >= 15 is 0 Å². The van der Waals surface area contributed by atoms with Crippen LogP contribution in [0.4, 0.5) is 0 Å². The normalized spacial score (nSPS) is 23.9. The fraction of sp³-hybridized carbons (Fsp3) is 0.938. The second kappa shape index (κ2) is 8.71. The van der Waals surface area contributed by atoms with Crippen molar-refractivity contribution in [3.63, 3.8) is 0 Å². The fourth-order valence-electron chi connectivity index (χ4n) is 3.47. The molecule has 0 aromatic carbocycles.